The van der Waals surface area contributed by atoms with Gasteiger partial charge in [-0.15, -0.1) is 0 Å². The van der Waals surface area contributed by atoms with Gasteiger partial charge in [-0.2, -0.15) is 9.78 Å². The summed E-state index contributed by atoms with van der Waals surface area (Å²) in [5.41, 5.74) is 4.71. The zero-order valence-electron chi connectivity index (χ0n) is 27.4. The molecule has 0 aliphatic carbocycles. The van der Waals surface area contributed by atoms with Crippen molar-refractivity contribution in [1.82, 2.24) is 9.66 Å². The van der Waals surface area contributed by atoms with Crippen LogP contribution in [0.25, 0.3) is 22.3 Å². The maximum atomic E-state index is 14.0. The molecular weight excluding hydrogens is 597 g/mol. The molecule has 1 heterocycles. The Hall–Kier alpha value is -5.51. The number of fused-ring (bicyclic) bond motifs is 1. The Morgan fingerprint density at radius 2 is 1.77 bits per heavy atom. The number of rotatable bonds is 11. The van der Waals surface area contributed by atoms with Gasteiger partial charge in [0, 0.05) is 42.7 Å². The van der Waals surface area contributed by atoms with Gasteiger partial charge >= 0.3 is 0 Å². The first kappa shape index (κ1) is 32.9. The van der Waals surface area contributed by atoms with Gasteiger partial charge in [0.15, 0.2) is 12.4 Å². The standard InChI is InChI=1S/C37H38FN5O4/c1-7-46-34-18-24(4)31(20-30(34)23(2)3)36-41-32-11-9-8-10-29(32)37(45)43(36)39-21-25-12-17-28(42(5)6)19-33(25)47-22-35(44)40-27-15-13-26(38)14-16-27/h8-21,23H,7,22H2,1-6H3,(H,40,44). The van der Waals surface area contributed by atoms with Crippen LogP contribution in [0, 0.1) is 12.7 Å². The van der Waals surface area contributed by atoms with E-state index in [4.69, 9.17) is 14.5 Å². The van der Waals surface area contributed by atoms with Crippen molar-refractivity contribution in [2.45, 2.75) is 33.6 Å². The van der Waals surface area contributed by atoms with E-state index in [0.29, 0.717) is 40.3 Å². The summed E-state index contributed by atoms with van der Waals surface area (Å²) in [5, 5.41) is 7.80. The molecule has 0 saturated heterocycles. The highest BCUT2D eigenvalue weighted by atomic mass is 19.1. The van der Waals surface area contributed by atoms with E-state index >= 15 is 0 Å². The fourth-order valence-electron chi connectivity index (χ4n) is 5.10. The number of aromatic nitrogens is 2. The molecule has 4 aromatic carbocycles. The van der Waals surface area contributed by atoms with Crippen LogP contribution in [0.3, 0.4) is 0 Å². The summed E-state index contributed by atoms with van der Waals surface area (Å²) in [6, 6.07) is 22.1. The number of hydrogen-bond donors (Lipinski definition) is 1. The number of carbonyl (C=O) groups is 1. The molecule has 1 N–H and O–H groups in total. The molecule has 5 rings (SSSR count). The number of benzene rings is 4. The van der Waals surface area contributed by atoms with Gasteiger partial charge in [-0.05, 0) is 91.6 Å². The molecule has 0 atom stereocenters. The van der Waals surface area contributed by atoms with Crippen molar-refractivity contribution in [1.29, 1.82) is 0 Å². The Morgan fingerprint density at radius 3 is 2.47 bits per heavy atom. The molecule has 10 heteroatoms. The van der Waals surface area contributed by atoms with Gasteiger partial charge in [0.05, 0.1) is 23.7 Å². The number of amides is 1. The molecule has 0 saturated carbocycles. The second-order valence-corrected chi connectivity index (χ2v) is 11.6. The second kappa shape index (κ2) is 14.3. The minimum absolute atomic E-state index is 0.162. The van der Waals surface area contributed by atoms with Crippen LogP contribution in [0.5, 0.6) is 11.5 Å². The summed E-state index contributed by atoms with van der Waals surface area (Å²) >= 11 is 0. The van der Waals surface area contributed by atoms with Crippen LogP contribution in [0.2, 0.25) is 0 Å². The molecule has 242 valence electrons. The fraction of sp³-hybridized carbons (Fsp3) is 0.243. The van der Waals surface area contributed by atoms with Crippen molar-refractivity contribution in [3.8, 4) is 22.9 Å². The molecule has 9 nitrogen and oxygen atoms in total. The highest BCUT2D eigenvalue weighted by molar-refractivity contribution is 5.92. The smallest absolute Gasteiger partial charge is 0.282 e. The molecule has 47 heavy (non-hydrogen) atoms. The fourth-order valence-corrected chi connectivity index (χ4v) is 5.10. The van der Waals surface area contributed by atoms with Gasteiger partial charge in [0.1, 0.15) is 17.3 Å². The zero-order valence-corrected chi connectivity index (χ0v) is 27.4. The number of aryl methyl sites for hydroxylation is 1. The minimum atomic E-state index is -0.418. The molecule has 0 unspecified atom stereocenters. The summed E-state index contributed by atoms with van der Waals surface area (Å²) in [7, 11) is 3.79. The van der Waals surface area contributed by atoms with E-state index in [2.05, 4.69) is 24.3 Å². The highest BCUT2D eigenvalue weighted by Crippen LogP contribution is 2.34. The van der Waals surface area contributed by atoms with Gasteiger partial charge in [-0.25, -0.2) is 9.37 Å². The Morgan fingerprint density at radius 1 is 1.02 bits per heavy atom. The van der Waals surface area contributed by atoms with Crippen molar-refractivity contribution in [2.75, 3.05) is 37.5 Å². The lowest BCUT2D eigenvalue weighted by molar-refractivity contribution is -0.118. The molecule has 0 bridgehead atoms. The quantitative estimate of drug-likeness (QED) is 0.157. The summed E-state index contributed by atoms with van der Waals surface area (Å²) in [6.07, 6.45) is 1.53. The molecule has 0 aliphatic heterocycles. The van der Waals surface area contributed by atoms with Crippen molar-refractivity contribution >= 4 is 34.4 Å². The van der Waals surface area contributed by atoms with E-state index in [-0.39, 0.29) is 18.1 Å². The first-order chi connectivity index (χ1) is 22.5. The number of nitrogens with one attached hydrogen (secondary N) is 1. The molecular formula is C37H38FN5O4. The Bertz CT molecular complexity index is 2000. The molecule has 0 spiro atoms. The molecule has 5 aromatic rings. The van der Waals surface area contributed by atoms with Gasteiger partial charge in [-0.1, -0.05) is 26.0 Å². The van der Waals surface area contributed by atoms with Crippen LogP contribution in [0.4, 0.5) is 15.8 Å². The maximum Gasteiger partial charge on any atom is 0.282 e. The lowest BCUT2D eigenvalue weighted by Crippen LogP contribution is -2.21. The molecule has 0 radical (unpaired) electrons. The number of hydrogen-bond acceptors (Lipinski definition) is 7. The number of para-hydroxylation sites is 1. The van der Waals surface area contributed by atoms with Crippen LogP contribution < -0.4 is 25.2 Å². The molecule has 1 amide bonds. The van der Waals surface area contributed by atoms with Crippen molar-refractivity contribution in [3.63, 3.8) is 0 Å². The lowest BCUT2D eigenvalue weighted by Gasteiger charge is -2.18. The molecule has 0 aliphatic rings. The summed E-state index contributed by atoms with van der Waals surface area (Å²) < 4.78 is 26.5. The number of carbonyl (C=O) groups excluding carboxylic acids is 1. The Kier molecular flexibility index (Phi) is 9.99. The van der Waals surface area contributed by atoms with Gasteiger partial charge in [0.25, 0.3) is 11.5 Å². The van der Waals surface area contributed by atoms with Crippen LogP contribution in [0.1, 0.15) is 43.4 Å². The average molecular weight is 636 g/mol. The largest absolute Gasteiger partial charge is 0.494 e. The third-order valence-electron chi connectivity index (χ3n) is 7.59. The third kappa shape index (κ3) is 7.49. The zero-order chi connectivity index (χ0) is 33.7. The normalized spacial score (nSPS) is 11.3. The number of ether oxygens (including phenoxy) is 2. The third-order valence-corrected chi connectivity index (χ3v) is 7.59. The van der Waals surface area contributed by atoms with Crippen LogP contribution in [-0.2, 0) is 4.79 Å². The van der Waals surface area contributed by atoms with Crippen LogP contribution >= 0.6 is 0 Å². The van der Waals surface area contributed by atoms with E-state index in [0.717, 1.165) is 28.1 Å². The van der Waals surface area contributed by atoms with E-state index < -0.39 is 11.7 Å². The van der Waals surface area contributed by atoms with Gasteiger partial charge < -0.3 is 19.7 Å². The topological polar surface area (TPSA) is 98.1 Å². The predicted molar refractivity (Wildman–Crippen MR) is 186 cm³/mol. The molecule has 0 fully saturated rings. The van der Waals surface area contributed by atoms with Gasteiger partial charge in [-0.3, -0.25) is 9.59 Å². The number of anilines is 2. The summed E-state index contributed by atoms with van der Waals surface area (Å²) in [5.74, 6) is 0.920. The van der Waals surface area contributed by atoms with E-state index in [1.807, 2.05) is 69.2 Å². The maximum absolute atomic E-state index is 14.0. The van der Waals surface area contributed by atoms with E-state index in [9.17, 15) is 14.0 Å². The number of nitrogens with zero attached hydrogens (tertiary/aromatic N) is 4. The van der Waals surface area contributed by atoms with E-state index in [1.165, 1.54) is 35.2 Å². The lowest BCUT2D eigenvalue weighted by atomic mass is 9.96. The van der Waals surface area contributed by atoms with Crippen molar-refractivity contribution < 1.29 is 18.7 Å². The summed E-state index contributed by atoms with van der Waals surface area (Å²) in [4.78, 5) is 33.5. The average Bonchev–Trinajstić information content (AvgIpc) is 3.04. The Labute approximate surface area is 273 Å². The van der Waals surface area contributed by atoms with Gasteiger partial charge in [0.2, 0.25) is 0 Å². The minimum Gasteiger partial charge on any atom is -0.494 e. The highest BCUT2D eigenvalue weighted by Gasteiger charge is 2.19. The van der Waals surface area contributed by atoms with Crippen LogP contribution in [0.15, 0.2) is 88.8 Å². The molecule has 1 aromatic heterocycles. The van der Waals surface area contributed by atoms with E-state index in [1.54, 1.807) is 18.2 Å². The monoisotopic (exact) mass is 635 g/mol. The first-order valence-electron chi connectivity index (χ1n) is 15.4. The number of halogens is 1. The van der Waals surface area contributed by atoms with Crippen molar-refractivity contribution in [2.24, 2.45) is 5.10 Å². The van der Waals surface area contributed by atoms with Crippen molar-refractivity contribution in [3.05, 3.63) is 112 Å². The second-order valence-electron chi connectivity index (χ2n) is 11.6. The summed E-state index contributed by atoms with van der Waals surface area (Å²) in [6.45, 7) is 8.32. The first-order valence-corrected chi connectivity index (χ1v) is 15.4. The SMILES string of the molecule is CCOc1cc(C)c(-c2nc3ccccc3c(=O)n2N=Cc2ccc(N(C)C)cc2OCC(=O)Nc2ccc(F)cc2)cc1C(C)C. The Balaban J connectivity index is 1.57. The van der Waals surface area contributed by atoms with Crippen LogP contribution in [-0.4, -0.2) is 49.1 Å². The predicted octanol–water partition coefficient (Wildman–Crippen LogP) is 7.00.